The van der Waals surface area contributed by atoms with Gasteiger partial charge in [0.25, 0.3) is 5.91 Å². The van der Waals surface area contributed by atoms with Crippen LogP contribution in [0.1, 0.15) is 17.5 Å². The zero-order chi connectivity index (χ0) is 10.8. The van der Waals surface area contributed by atoms with Gasteiger partial charge in [-0.05, 0) is 35.0 Å². The summed E-state index contributed by atoms with van der Waals surface area (Å²) in [5, 5.41) is 3.24. The number of rotatable bonds is 1. The molecular formula is C10H14BrClN2O2. The number of hydrogen-bond acceptors (Lipinski definition) is 3. The van der Waals surface area contributed by atoms with Gasteiger partial charge in [0.05, 0.1) is 0 Å². The minimum Gasteiger partial charge on any atom is -0.444 e. The van der Waals surface area contributed by atoms with Crippen molar-refractivity contribution in [3.8, 4) is 0 Å². The lowest BCUT2D eigenvalue weighted by atomic mass is 10.2. The van der Waals surface area contributed by atoms with E-state index < -0.39 is 0 Å². The van der Waals surface area contributed by atoms with Crippen molar-refractivity contribution < 1.29 is 9.21 Å². The van der Waals surface area contributed by atoms with Gasteiger partial charge in [0.1, 0.15) is 0 Å². The molecule has 4 nitrogen and oxygen atoms in total. The van der Waals surface area contributed by atoms with Gasteiger partial charge in [0.2, 0.25) is 0 Å². The maximum absolute atomic E-state index is 12.0. The minimum absolute atomic E-state index is 0. The molecule has 16 heavy (non-hydrogen) atoms. The average molecular weight is 310 g/mol. The van der Waals surface area contributed by atoms with Gasteiger partial charge in [0.15, 0.2) is 10.4 Å². The normalized spacial score (nSPS) is 20.4. The molecule has 1 saturated heterocycles. The van der Waals surface area contributed by atoms with E-state index in [1.54, 1.807) is 12.1 Å². The van der Waals surface area contributed by atoms with E-state index in [9.17, 15) is 4.79 Å². The van der Waals surface area contributed by atoms with Crippen LogP contribution in [0, 0.1) is 0 Å². The Morgan fingerprint density at radius 1 is 1.62 bits per heavy atom. The number of hydrogen-bond donors (Lipinski definition) is 1. The number of nitrogens with one attached hydrogen (secondary N) is 1. The Labute approximate surface area is 109 Å². The fraction of sp³-hybridized carbons (Fsp3) is 0.500. The number of piperazine rings is 1. The van der Waals surface area contributed by atoms with E-state index >= 15 is 0 Å². The number of carbonyl (C=O) groups is 1. The summed E-state index contributed by atoms with van der Waals surface area (Å²) in [4.78, 5) is 13.8. The third-order valence-corrected chi connectivity index (χ3v) is 2.97. The lowest BCUT2D eigenvalue weighted by Crippen LogP contribution is -2.52. The minimum atomic E-state index is -0.0327. The molecule has 0 saturated carbocycles. The molecule has 1 N–H and O–H groups in total. The van der Waals surface area contributed by atoms with Gasteiger partial charge in [-0.1, -0.05) is 0 Å². The average Bonchev–Trinajstić information content (AvgIpc) is 2.65. The smallest absolute Gasteiger partial charge is 0.289 e. The van der Waals surface area contributed by atoms with E-state index in [1.807, 2.05) is 11.8 Å². The molecule has 1 aromatic heterocycles. The zero-order valence-electron chi connectivity index (χ0n) is 8.90. The zero-order valence-corrected chi connectivity index (χ0v) is 11.3. The second kappa shape index (κ2) is 5.70. The highest BCUT2D eigenvalue weighted by atomic mass is 79.9. The van der Waals surface area contributed by atoms with Gasteiger partial charge in [-0.25, -0.2) is 0 Å². The van der Waals surface area contributed by atoms with Gasteiger partial charge >= 0.3 is 0 Å². The topological polar surface area (TPSA) is 45.5 Å². The number of amides is 1. The Hall–Kier alpha value is -0.520. The third-order valence-electron chi connectivity index (χ3n) is 2.55. The largest absolute Gasteiger partial charge is 0.444 e. The fourth-order valence-electron chi connectivity index (χ4n) is 1.71. The second-order valence-corrected chi connectivity index (χ2v) is 4.44. The summed E-state index contributed by atoms with van der Waals surface area (Å²) in [6.45, 7) is 4.45. The summed E-state index contributed by atoms with van der Waals surface area (Å²) in [5.74, 6) is 0.366. The quantitative estimate of drug-likeness (QED) is 0.862. The van der Waals surface area contributed by atoms with Crippen molar-refractivity contribution >= 4 is 34.2 Å². The molecule has 1 fully saturated rings. The molecule has 0 radical (unpaired) electrons. The molecule has 0 aliphatic carbocycles. The molecular weight excluding hydrogens is 295 g/mol. The summed E-state index contributed by atoms with van der Waals surface area (Å²) < 4.78 is 5.84. The first-order valence-electron chi connectivity index (χ1n) is 4.95. The number of furan rings is 1. The monoisotopic (exact) mass is 308 g/mol. The Bertz CT molecular complexity index is 369. The molecule has 1 atom stereocenters. The van der Waals surface area contributed by atoms with Crippen molar-refractivity contribution in [2.75, 3.05) is 19.6 Å². The Balaban J connectivity index is 0.00000128. The van der Waals surface area contributed by atoms with Crippen molar-refractivity contribution in [1.29, 1.82) is 0 Å². The first-order valence-corrected chi connectivity index (χ1v) is 5.75. The summed E-state index contributed by atoms with van der Waals surface area (Å²) in [6.07, 6.45) is 0. The molecule has 0 unspecified atom stereocenters. The predicted octanol–water partition coefficient (Wildman–Crippen LogP) is 1.90. The molecule has 90 valence electrons. The molecule has 6 heteroatoms. The summed E-state index contributed by atoms with van der Waals surface area (Å²) in [5.41, 5.74) is 0. The first-order chi connectivity index (χ1) is 7.18. The van der Waals surface area contributed by atoms with Gasteiger partial charge < -0.3 is 14.6 Å². The third kappa shape index (κ3) is 2.78. The highest BCUT2D eigenvalue weighted by molar-refractivity contribution is 9.10. The van der Waals surface area contributed by atoms with Crippen LogP contribution in [0.2, 0.25) is 0 Å². The SMILES string of the molecule is C[C@H]1CNCCN1C(=O)c1ccc(Br)o1.Cl. The van der Waals surface area contributed by atoms with E-state index in [1.165, 1.54) is 0 Å². The Morgan fingerprint density at radius 2 is 2.38 bits per heavy atom. The number of nitrogens with zero attached hydrogens (tertiary/aromatic N) is 1. The van der Waals surface area contributed by atoms with Gasteiger partial charge in [-0.15, -0.1) is 12.4 Å². The molecule has 0 aromatic carbocycles. The molecule has 1 aliphatic heterocycles. The van der Waals surface area contributed by atoms with E-state index in [4.69, 9.17) is 4.42 Å². The predicted molar refractivity (Wildman–Crippen MR) is 67.0 cm³/mol. The highest BCUT2D eigenvalue weighted by Crippen LogP contribution is 2.17. The Morgan fingerprint density at radius 3 is 2.94 bits per heavy atom. The molecule has 2 rings (SSSR count). The second-order valence-electron chi connectivity index (χ2n) is 3.66. The highest BCUT2D eigenvalue weighted by Gasteiger charge is 2.25. The van der Waals surface area contributed by atoms with Crippen molar-refractivity contribution in [2.24, 2.45) is 0 Å². The van der Waals surface area contributed by atoms with Crippen LogP contribution >= 0.6 is 28.3 Å². The van der Waals surface area contributed by atoms with Crippen LogP contribution in [0.3, 0.4) is 0 Å². The molecule has 2 heterocycles. The molecule has 0 spiro atoms. The molecule has 1 aliphatic rings. The first kappa shape index (κ1) is 13.5. The molecule has 0 bridgehead atoms. The van der Waals surface area contributed by atoms with Crippen LogP contribution in [0.25, 0.3) is 0 Å². The lowest BCUT2D eigenvalue weighted by molar-refractivity contribution is 0.0622. The number of halogens is 2. The van der Waals surface area contributed by atoms with Gasteiger partial charge in [0, 0.05) is 25.7 Å². The standard InChI is InChI=1S/C10H13BrN2O2.ClH/c1-7-6-12-4-5-13(7)10(14)8-2-3-9(11)15-8;/h2-3,7,12H,4-6H2,1H3;1H/t7-;/m0./s1. The van der Waals surface area contributed by atoms with Crippen molar-refractivity contribution in [1.82, 2.24) is 10.2 Å². The fourth-order valence-corrected chi connectivity index (χ4v) is 2.02. The molecule has 1 aromatic rings. The van der Waals surface area contributed by atoms with Crippen LogP contribution in [-0.4, -0.2) is 36.5 Å². The lowest BCUT2D eigenvalue weighted by Gasteiger charge is -2.33. The van der Waals surface area contributed by atoms with Gasteiger partial charge in [-0.2, -0.15) is 0 Å². The van der Waals surface area contributed by atoms with E-state index in [2.05, 4.69) is 21.2 Å². The van der Waals surface area contributed by atoms with E-state index in [-0.39, 0.29) is 24.4 Å². The maximum atomic E-state index is 12.0. The molecule has 1 amide bonds. The summed E-state index contributed by atoms with van der Waals surface area (Å²) in [6, 6.07) is 3.65. The van der Waals surface area contributed by atoms with E-state index in [0.717, 1.165) is 19.6 Å². The van der Waals surface area contributed by atoms with E-state index in [0.29, 0.717) is 10.4 Å². The summed E-state index contributed by atoms with van der Waals surface area (Å²) >= 11 is 3.19. The summed E-state index contributed by atoms with van der Waals surface area (Å²) in [7, 11) is 0. The van der Waals surface area contributed by atoms with Crippen LogP contribution < -0.4 is 5.32 Å². The van der Waals surface area contributed by atoms with Crippen molar-refractivity contribution in [3.63, 3.8) is 0 Å². The van der Waals surface area contributed by atoms with Crippen molar-refractivity contribution in [3.05, 3.63) is 22.6 Å². The maximum Gasteiger partial charge on any atom is 0.289 e. The van der Waals surface area contributed by atoms with Crippen LogP contribution in [0.4, 0.5) is 0 Å². The van der Waals surface area contributed by atoms with Gasteiger partial charge in [-0.3, -0.25) is 4.79 Å². The van der Waals surface area contributed by atoms with Crippen LogP contribution in [0.15, 0.2) is 21.2 Å². The van der Waals surface area contributed by atoms with Crippen LogP contribution in [-0.2, 0) is 0 Å². The van der Waals surface area contributed by atoms with Crippen molar-refractivity contribution in [2.45, 2.75) is 13.0 Å². The number of carbonyl (C=O) groups excluding carboxylic acids is 1. The Kier molecular flexibility index (Phi) is 4.83. The van der Waals surface area contributed by atoms with Crippen LogP contribution in [0.5, 0.6) is 0 Å².